The number of anilines is 1. The van der Waals surface area contributed by atoms with Gasteiger partial charge >= 0.3 is 5.97 Å². The van der Waals surface area contributed by atoms with E-state index in [0.717, 1.165) is 22.6 Å². The minimum absolute atomic E-state index is 0.0923. The molecule has 1 heterocycles. The summed E-state index contributed by atoms with van der Waals surface area (Å²) in [5.74, 6) is -3.13. The summed E-state index contributed by atoms with van der Waals surface area (Å²) < 4.78 is 4.89. The quantitative estimate of drug-likeness (QED) is 0.309. The predicted molar refractivity (Wildman–Crippen MR) is 121 cm³/mol. The number of hydrogen-bond donors (Lipinski definition) is 3. The second-order valence-corrected chi connectivity index (χ2v) is 7.94. The molecule has 1 unspecified atom stereocenters. The SMILES string of the molecule is CC(=O)OCc1ccc(NC(=O)CNC(=O)C(NC(=O)CCN2C(=O)C=CC2=O)C(C)C)cc1. The third-order valence-corrected chi connectivity index (χ3v) is 4.83. The zero-order valence-electron chi connectivity index (χ0n) is 19.3. The van der Waals surface area contributed by atoms with Gasteiger partial charge in [0, 0.05) is 37.7 Å². The molecule has 3 N–H and O–H groups in total. The Hall–Kier alpha value is -4.02. The van der Waals surface area contributed by atoms with Crippen molar-refractivity contribution >= 4 is 41.2 Å². The molecule has 0 aliphatic carbocycles. The monoisotopic (exact) mass is 472 g/mol. The summed E-state index contributed by atoms with van der Waals surface area (Å²) in [6.45, 7) is 4.51. The average molecular weight is 472 g/mol. The van der Waals surface area contributed by atoms with Crippen molar-refractivity contribution in [2.75, 3.05) is 18.4 Å². The van der Waals surface area contributed by atoms with Crippen LogP contribution in [0, 0.1) is 5.92 Å². The fourth-order valence-electron chi connectivity index (χ4n) is 3.00. The number of imide groups is 1. The van der Waals surface area contributed by atoms with E-state index >= 15 is 0 Å². The Balaban J connectivity index is 1.79. The maximum absolute atomic E-state index is 12.5. The largest absolute Gasteiger partial charge is 0.461 e. The lowest BCUT2D eigenvalue weighted by molar-refractivity contribution is -0.142. The highest BCUT2D eigenvalue weighted by molar-refractivity contribution is 6.13. The number of rotatable bonds is 11. The van der Waals surface area contributed by atoms with Crippen LogP contribution in [0.2, 0.25) is 0 Å². The number of hydrogen-bond acceptors (Lipinski definition) is 7. The fourth-order valence-corrected chi connectivity index (χ4v) is 3.00. The first-order chi connectivity index (χ1) is 16.1. The fraction of sp³-hybridized carbons (Fsp3) is 0.391. The summed E-state index contributed by atoms with van der Waals surface area (Å²) in [5, 5.41) is 7.71. The van der Waals surface area contributed by atoms with Crippen molar-refractivity contribution in [1.29, 1.82) is 0 Å². The van der Waals surface area contributed by atoms with Crippen molar-refractivity contribution < 1.29 is 33.5 Å². The molecular formula is C23H28N4O7. The van der Waals surface area contributed by atoms with E-state index in [1.54, 1.807) is 38.1 Å². The van der Waals surface area contributed by atoms with Crippen molar-refractivity contribution in [2.45, 2.75) is 39.8 Å². The van der Waals surface area contributed by atoms with Gasteiger partial charge in [0.05, 0.1) is 6.54 Å². The van der Waals surface area contributed by atoms with Crippen LogP contribution in [0.25, 0.3) is 0 Å². The molecule has 1 atom stereocenters. The highest BCUT2D eigenvalue weighted by Crippen LogP contribution is 2.11. The van der Waals surface area contributed by atoms with Crippen molar-refractivity contribution in [2.24, 2.45) is 5.92 Å². The number of esters is 1. The number of carbonyl (C=O) groups excluding carboxylic acids is 6. The molecule has 1 aliphatic rings. The predicted octanol–water partition coefficient (Wildman–Crippen LogP) is 0.260. The lowest BCUT2D eigenvalue weighted by Crippen LogP contribution is -2.51. The van der Waals surface area contributed by atoms with Crippen LogP contribution < -0.4 is 16.0 Å². The van der Waals surface area contributed by atoms with Gasteiger partial charge < -0.3 is 20.7 Å². The third-order valence-electron chi connectivity index (χ3n) is 4.83. The van der Waals surface area contributed by atoms with Crippen LogP contribution in [-0.4, -0.2) is 59.5 Å². The third kappa shape index (κ3) is 8.15. The van der Waals surface area contributed by atoms with E-state index in [1.165, 1.54) is 6.92 Å². The molecule has 0 fully saturated rings. The number of nitrogens with zero attached hydrogens (tertiary/aromatic N) is 1. The molecule has 182 valence electrons. The van der Waals surface area contributed by atoms with Gasteiger partial charge in [0.15, 0.2) is 0 Å². The Morgan fingerprint density at radius 2 is 1.59 bits per heavy atom. The van der Waals surface area contributed by atoms with Gasteiger partial charge in [-0.15, -0.1) is 0 Å². The first-order valence-electron chi connectivity index (χ1n) is 10.7. The molecule has 0 saturated heterocycles. The van der Waals surface area contributed by atoms with Crippen molar-refractivity contribution in [3.05, 3.63) is 42.0 Å². The molecule has 11 nitrogen and oxygen atoms in total. The van der Waals surface area contributed by atoms with E-state index in [1.807, 2.05) is 0 Å². The van der Waals surface area contributed by atoms with Gasteiger partial charge in [0.1, 0.15) is 12.6 Å². The Bertz CT molecular complexity index is 968. The molecular weight excluding hydrogens is 444 g/mol. The molecule has 34 heavy (non-hydrogen) atoms. The number of nitrogens with one attached hydrogen (secondary N) is 3. The molecule has 2 rings (SSSR count). The summed E-state index contributed by atoms with van der Waals surface area (Å²) >= 11 is 0. The van der Waals surface area contributed by atoms with E-state index in [-0.39, 0.29) is 32.0 Å². The maximum atomic E-state index is 12.5. The van der Waals surface area contributed by atoms with E-state index in [2.05, 4.69) is 16.0 Å². The van der Waals surface area contributed by atoms with Gasteiger partial charge in [-0.2, -0.15) is 0 Å². The molecule has 0 saturated carbocycles. The standard InChI is InChI=1S/C23H28N4O7/c1-14(2)22(26-18(29)10-11-27-20(31)8-9-21(27)32)23(33)24-12-19(30)25-17-6-4-16(5-7-17)13-34-15(3)28/h4-9,14,22H,10-13H2,1-3H3,(H,24,33)(H,25,30)(H,26,29). The van der Waals surface area contributed by atoms with Crippen molar-refractivity contribution in [1.82, 2.24) is 15.5 Å². The molecule has 0 bridgehead atoms. The maximum Gasteiger partial charge on any atom is 0.302 e. The molecule has 1 aromatic carbocycles. The van der Waals surface area contributed by atoms with E-state index in [4.69, 9.17) is 4.74 Å². The van der Waals surface area contributed by atoms with Crippen LogP contribution in [0.4, 0.5) is 5.69 Å². The summed E-state index contributed by atoms with van der Waals surface area (Å²) in [6.07, 6.45) is 2.11. The van der Waals surface area contributed by atoms with Crippen LogP contribution in [-0.2, 0) is 40.1 Å². The molecule has 11 heteroatoms. The van der Waals surface area contributed by atoms with E-state index in [9.17, 15) is 28.8 Å². The second-order valence-electron chi connectivity index (χ2n) is 7.94. The Morgan fingerprint density at radius 1 is 0.971 bits per heavy atom. The van der Waals surface area contributed by atoms with Crippen LogP contribution >= 0.6 is 0 Å². The van der Waals surface area contributed by atoms with Crippen LogP contribution in [0.3, 0.4) is 0 Å². The summed E-state index contributed by atoms with van der Waals surface area (Å²) in [7, 11) is 0. The normalized spacial score (nSPS) is 13.6. The van der Waals surface area contributed by atoms with Gasteiger partial charge in [-0.3, -0.25) is 33.7 Å². The highest BCUT2D eigenvalue weighted by atomic mass is 16.5. The molecule has 1 aliphatic heterocycles. The van der Waals surface area contributed by atoms with Gasteiger partial charge in [-0.05, 0) is 23.6 Å². The van der Waals surface area contributed by atoms with E-state index in [0.29, 0.717) is 5.69 Å². The smallest absolute Gasteiger partial charge is 0.302 e. The lowest BCUT2D eigenvalue weighted by Gasteiger charge is -2.22. The first kappa shape index (κ1) is 26.2. The second kappa shape index (κ2) is 12.3. The summed E-state index contributed by atoms with van der Waals surface area (Å²) in [4.78, 5) is 71.9. The number of ether oxygens (including phenoxy) is 1. The van der Waals surface area contributed by atoms with Crippen LogP contribution in [0.5, 0.6) is 0 Å². The first-order valence-corrected chi connectivity index (χ1v) is 10.7. The molecule has 5 amide bonds. The Kier molecular flexibility index (Phi) is 9.48. The van der Waals surface area contributed by atoms with Crippen LogP contribution in [0.1, 0.15) is 32.8 Å². The zero-order chi connectivity index (χ0) is 25.3. The highest BCUT2D eigenvalue weighted by Gasteiger charge is 2.27. The van der Waals surface area contributed by atoms with Crippen molar-refractivity contribution in [3.63, 3.8) is 0 Å². The van der Waals surface area contributed by atoms with Crippen LogP contribution in [0.15, 0.2) is 36.4 Å². The minimum Gasteiger partial charge on any atom is -0.461 e. The lowest BCUT2D eigenvalue weighted by atomic mass is 10.0. The number of carbonyl (C=O) groups is 6. The Morgan fingerprint density at radius 3 is 2.15 bits per heavy atom. The van der Waals surface area contributed by atoms with Gasteiger partial charge in [-0.1, -0.05) is 26.0 Å². The molecule has 0 spiro atoms. The summed E-state index contributed by atoms with van der Waals surface area (Å²) in [6, 6.07) is 5.77. The zero-order valence-corrected chi connectivity index (χ0v) is 19.3. The number of amides is 5. The van der Waals surface area contributed by atoms with Gasteiger partial charge in [0.25, 0.3) is 11.8 Å². The van der Waals surface area contributed by atoms with Gasteiger partial charge in [0.2, 0.25) is 17.7 Å². The minimum atomic E-state index is -0.899. The topological polar surface area (TPSA) is 151 Å². The average Bonchev–Trinajstić information content (AvgIpc) is 3.10. The molecule has 0 aromatic heterocycles. The van der Waals surface area contributed by atoms with E-state index < -0.39 is 41.5 Å². The van der Waals surface area contributed by atoms with Crippen molar-refractivity contribution in [3.8, 4) is 0 Å². The number of benzene rings is 1. The molecule has 0 radical (unpaired) electrons. The summed E-state index contributed by atoms with van der Waals surface area (Å²) in [5.41, 5.74) is 1.26. The van der Waals surface area contributed by atoms with Gasteiger partial charge in [-0.25, -0.2) is 0 Å². The Labute approximate surface area is 196 Å². The molecule has 1 aromatic rings.